The molecule has 30 heavy (non-hydrogen) atoms. The first-order valence-corrected chi connectivity index (χ1v) is 8.61. The van der Waals surface area contributed by atoms with Crippen LogP contribution in [0.15, 0.2) is 42.5 Å². The maximum absolute atomic E-state index is 13.2. The first-order chi connectivity index (χ1) is 13.9. The molecule has 0 atom stereocenters. The van der Waals surface area contributed by atoms with Crippen molar-refractivity contribution in [1.82, 2.24) is 20.2 Å². The Bertz CT molecular complexity index is 1010. The van der Waals surface area contributed by atoms with E-state index in [0.717, 1.165) is 5.69 Å². The number of ether oxygens (including phenoxy) is 1. The molecule has 0 aliphatic carbocycles. The van der Waals surface area contributed by atoms with Crippen LogP contribution in [0.1, 0.15) is 0 Å². The standard InChI is InChI=1S/C19H21FN6O3.ClH/c1-25(14-8-5-12(20)6-9-14)19-23-22-17(26(19)2)15-10-7-13(11-16(15)28-3)21-18(27)24-29-4;/h5-11H,1-4H3,(H2,21,24,27);1H. The minimum atomic E-state index is -0.510. The van der Waals surface area contributed by atoms with Crippen LogP contribution in [0.4, 0.5) is 26.5 Å². The highest BCUT2D eigenvalue weighted by atomic mass is 35.5. The zero-order valence-electron chi connectivity index (χ0n) is 16.8. The van der Waals surface area contributed by atoms with Crippen LogP contribution < -0.4 is 20.4 Å². The minimum Gasteiger partial charge on any atom is -0.496 e. The smallest absolute Gasteiger partial charge is 0.343 e. The number of methoxy groups -OCH3 is 1. The lowest BCUT2D eigenvalue weighted by Crippen LogP contribution is -2.27. The van der Waals surface area contributed by atoms with Gasteiger partial charge in [0.05, 0.1) is 19.8 Å². The van der Waals surface area contributed by atoms with Gasteiger partial charge >= 0.3 is 6.03 Å². The van der Waals surface area contributed by atoms with Gasteiger partial charge in [0, 0.05) is 31.5 Å². The van der Waals surface area contributed by atoms with Gasteiger partial charge in [-0.15, -0.1) is 22.6 Å². The van der Waals surface area contributed by atoms with Gasteiger partial charge in [-0.2, -0.15) is 0 Å². The van der Waals surface area contributed by atoms with Gasteiger partial charge in [-0.25, -0.2) is 14.7 Å². The van der Waals surface area contributed by atoms with E-state index < -0.39 is 6.03 Å². The Balaban J connectivity index is 0.00000320. The second-order valence-electron chi connectivity index (χ2n) is 6.09. The average molecular weight is 437 g/mol. The van der Waals surface area contributed by atoms with E-state index in [1.165, 1.54) is 26.4 Å². The van der Waals surface area contributed by atoms with Crippen LogP contribution in [0, 0.1) is 5.82 Å². The lowest BCUT2D eigenvalue weighted by Gasteiger charge is -2.18. The van der Waals surface area contributed by atoms with Gasteiger partial charge in [0.1, 0.15) is 11.6 Å². The van der Waals surface area contributed by atoms with E-state index in [4.69, 9.17) is 4.74 Å². The number of carbonyl (C=O) groups excluding carboxylic acids is 1. The van der Waals surface area contributed by atoms with Crippen molar-refractivity contribution < 1.29 is 18.8 Å². The number of nitrogens with one attached hydrogen (secondary N) is 2. The van der Waals surface area contributed by atoms with E-state index in [9.17, 15) is 9.18 Å². The third-order valence-corrected chi connectivity index (χ3v) is 4.26. The Hall–Kier alpha value is -3.37. The summed E-state index contributed by atoms with van der Waals surface area (Å²) in [7, 11) is 6.51. The largest absolute Gasteiger partial charge is 0.496 e. The van der Waals surface area contributed by atoms with Gasteiger partial charge in [0.25, 0.3) is 0 Å². The fourth-order valence-corrected chi connectivity index (χ4v) is 2.83. The van der Waals surface area contributed by atoms with E-state index >= 15 is 0 Å². The molecule has 0 saturated carbocycles. The number of nitrogens with zero attached hydrogens (tertiary/aromatic N) is 4. The molecule has 9 nitrogen and oxygen atoms in total. The van der Waals surface area contributed by atoms with Gasteiger partial charge in [-0.05, 0) is 36.4 Å². The molecule has 0 bridgehead atoms. The molecule has 2 N–H and O–H groups in total. The van der Waals surface area contributed by atoms with Gasteiger partial charge in [0.2, 0.25) is 5.95 Å². The highest BCUT2D eigenvalue weighted by molar-refractivity contribution is 5.89. The van der Waals surface area contributed by atoms with Gasteiger partial charge in [-0.1, -0.05) is 0 Å². The number of aromatic nitrogens is 3. The summed E-state index contributed by atoms with van der Waals surface area (Å²) in [6.45, 7) is 0. The fraction of sp³-hybridized carbons (Fsp3) is 0.211. The molecular weight excluding hydrogens is 415 g/mol. The lowest BCUT2D eigenvalue weighted by atomic mass is 10.1. The van der Waals surface area contributed by atoms with Crippen LogP contribution in [0.25, 0.3) is 11.4 Å². The first-order valence-electron chi connectivity index (χ1n) is 8.61. The van der Waals surface area contributed by atoms with Gasteiger partial charge < -0.3 is 15.0 Å². The van der Waals surface area contributed by atoms with Crippen LogP contribution in [-0.2, 0) is 11.9 Å². The van der Waals surface area contributed by atoms with Crippen molar-refractivity contribution >= 4 is 35.8 Å². The second-order valence-corrected chi connectivity index (χ2v) is 6.09. The third kappa shape index (κ3) is 4.78. The number of amides is 2. The number of rotatable bonds is 6. The number of hydrogen-bond donors (Lipinski definition) is 2. The number of hydroxylamine groups is 1. The molecular formula is C19H22ClFN6O3. The molecule has 0 fully saturated rings. The Morgan fingerprint density at radius 2 is 1.83 bits per heavy atom. The van der Waals surface area contributed by atoms with Crippen molar-refractivity contribution in [3.63, 3.8) is 0 Å². The van der Waals surface area contributed by atoms with Gasteiger partial charge in [0.15, 0.2) is 5.82 Å². The number of urea groups is 1. The zero-order valence-corrected chi connectivity index (χ0v) is 17.7. The molecule has 0 aliphatic heterocycles. The number of anilines is 3. The number of carbonyl (C=O) groups is 1. The van der Waals surface area contributed by atoms with Crippen LogP contribution in [0.3, 0.4) is 0 Å². The summed E-state index contributed by atoms with van der Waals surface area (Å²) >= 11 is 0. The summed E-state index contributed by atoms with van der Waals surface area (Å²) in [6.07, 6.45) is 0. The minimum absolute atomic E-state index is 0. The molecule has 1 aromatic heterocycles. The summed E-state index contributed by atoms with van der Waals surface area (Å²) in [5.74, 6) is 1.33. The second kappa shape index (κ2) is 9.90. The predicted molar refractivity (Wildman–Crippen MR) is 114 cm³/mol. The molecule has 3 rings (SSSR count). The Labute approximate surface area is 179 Å². The molecule has 0 radical (unpaired) electrons. The van der Waals surface area contributed by atoms with Crippen LogP contribution in [0.2, 0.25) is 0 Å². The molecule has 11 heteroatoms. The molecule has 2 aromatic carbocycles. The van der Waals surface area contributed by atoms with Gasteiger partial charge in [-0.3, -0.25) is 9.40 Å². The quantitative estimate of drug-likeness (QED) is 0.574. The van der Waals surface area contributed by atoms with Crippen molar-refractivity contribution in [2.75, 3.05) is 31.5 Å². The van der Waals surface area contributed by atoms with Crippen molar-refractivity contribution in [3.8, 4) is 17.1 Å². The van der Waals surface area contributed by atoms with E-state index in [2.05, 4.69) is 25.8 Å². The molecule has 0 aliphatic rings. The normalized spacial score (nSPS) is 10.2. The molecule has 3 aromatic rings. The van der Waals surface area contributed by atoms with Crippen LogP contribution in [0.5, 0.6) is 5.75 Å². The number of benzene rings is 2. The van der Waals surface area contributed by atoms with E-state index in [-0.39, 0.29) is 18.2 Å². The third-order valence-electron chi connectivity index (χ3n) is 4.26. The highest BCUT2D eigenvalue weighted by Gasteiger charge is 2.19. The monoisotopic (exact) mass is 436 g/mol. The molecule has 2 amide bonds. The van der Waals surface area contributed by atoms with Crippen molar-refractivity contribution in [2.45, 2.75) is 0 Å². The van der Waals surface area contributed by atoms with Crippen molar-refractivity contribution in [3.05, 3.63) is 48.3 Å². The summed E-state index contributed by atoms with van der Waals surface area (Å²) in [6, 6.07) is 10.7. The fourth-order valence-electron chi connectivity index (χ4n) is 2.83. The Kier molecular flexibility index (Phi) is 7.56. The van der Waals surface area contributed by atoms with Crippen LogP contribution in [-0.4, -0.2) is 42.1 Å². The Morgan fingerprint density at radius 3 is 2.47 bits per heavy atom. The predicted octanol–water partition coefficient (Wildman–Crippen LogP) is 3.50. The molecule has 0 unspecified atom stereocenters. The summed E-state index contributed by atoms with van der Waals surface area (Å²) in [5.41, 5.74) is 4.16. The van der Waals surface area contributed by atoms with E-state index in [1.54, 1.807) is 39.8 Å². The summed E-state index contributed by atoms with van der Waals surface area (Å²) in [4.78, 5) is 18.0. The zero-order chi connectivity index (χ0) is 21.0. The molecule has 160 valence electrons. The Morgan fingerprint density at radius 1 is 1.13 bits per heavy atom. The van der Waals surface area contributed by atoms with Crippen molar-refractivity contribution in [2.24, 2.45) is 7.05 Å². The topological polar surface area (TPSA) is 93.5 Å². The maximum atomic E-state index is 13.2. The summed E-state index contributed by atoms with van der Waals surface area (Å²) in [5, 5.41) is 11.2. The van der Waals surface area contributed by atoms with E-state index in [1.807, 2.05) is 14.1 Å². The number of halogens is 2. The lowest BCUT2D eigenvalue weighted by molar-refractivity contribution is 0.114. The number of hydrogen-bond acceptors (Lipinski definition) is 6. The summed E-state index contributed by atoms with van der Waals surface area (Å²) < 4.78 is 20.5. The van der Waals surface area contributed by atoms with Crippen molar-refractivity contribution in [1.29, 1.82) is 0 Å². The average Bonchev–Trinajstić information content (AvgIpc) is 3.09. The first kappa shape index (κ1) is 22.9. The SMILES string of the molecule is CONC(=O)Nc1ccc(-c2nnc(N(C)c3ccc(F)cc3)n2C)c(OC)c1.Cl. The van der Waals surface area contributed by atoms with Crippen LogP contribution >= 0.6 is 12.4 Å². The molecule has 0 spiro atoms. The highest BCUT2D eigenvalue weighted by Crippen LogP contribution is 2.33. The maximum Gasteiger partial charge on any atom is 0.343 e. The molecule has 0 saturated heterocycles. The molecule has 1 heterocycles. The van der Waals surface area contributed by atoms with E-state index in [0.29, 0.717) is 28.8 Å².